The zero-order chi connectivity index (χ0) is 21.1. The molecule has 162 valence electrons. The summed E-state index contributed by atoms with van der Waals surface area (Å²) in [6, 6.07) is 11.8. The summed E-state index contributed by atoms with van der Waals surface area (Å²) in [5.41, 5.74) is 1.41. The topological polar surface area (TPSA) is 27.7 Å². The van der Waals surface area contributed by atoms with Gasteiger partial charge in [-0.3, -0.25) is 0 Å². The fourth-order valence-corrected chi connectivity index (χ4v) is 6.60. The van der Waals surface area contributed by atoms with Crippen molar-refractivity contribution in [1.82, 2.24) is 0 Å². The summed E-state index contributed by atoms with van der Waals surface area (Å²) in [4.78, 5) is 0. The van der Waals surface area contributed by atoms with Gasteiger partial charge in [0.25, 0.3) is 0 Å². The Morgan fingerprint density at radius 3 is 2.41 bits per heavy atom. The predicted octanol–water partition coefficient (Wildman–Crippen LogP) is 5.09. The molecule has 0 radical (unpaired) electrons. The molecule has 4 rings (SSSR count). The van der Waals surface area contributed by atoms with E-state index in [1.165, 1.54) is 24.9 Å². The number of ether oxygens (including phenoxy) is 2. The van der Waals surface area contributed by atoms with Crippen LogP contribution in [0.5, 0.6) is 0 Å². The molecule has 0 N–H and O–H groups in total. The first-order chi connectivity index (χ1) is 13.5. The molecule has 4 nitrogen and oxygen atoms in total. The Morgan fingerprint density at radius 2 is 1.76 bits per heavy atom. The van der Waals surface area contributed by atoms with Gasteiger partial charge in [0.05, 0.1) is 13.2 Å². The Bertz CT molecular complexity index is 729. The molecular formula is C24H40NO3Si+. The lowest BCUT2D eigenvalue weighted by Gasteiger charge is -2.44. The first-order valence-corrected chi connectivity index (χ1v) is 14.3. The minimum Gasteiger partial charge on any atom is -0.411 e. The molecule has 1 aromatic rings. The molecule has 3 aliphatic heterocycles. The second-order valence-corrected chi connectivity index (χ2v) is 16.2. The minimum absolute atomic E-state index is 0.129. The fraction of sp³-hybridized carbons (Fsp3) is 0.750. The molecule has 0 aliphatic carbocycles. The van der Waals surface area contributed by atoms with E-state index < -0.39 is 14.1 Å². The second-order valence-electron chi connectivity index (χ2n) is 11.4. The van der Waals surface area contributed by atoms with Gasteiger partial charge in [-0.05, 0) is 32.0 Å². The van der Waals surface area contributed by atoms with Crippen LogP contribution in [0.15, 0.2) is 30.3 Å². The Hall–Kier alpha value is -0.723. The highest BCUT2D eigenvalue weighted by atomic mass is 28.4. The van der Waals surface area contributed by atoms with Gasteiger partial charge >= 0.3 is 0 Å². The second kappa shape index (κ2) is 7.16. The number of fused-ring (bicyclic) bond motifs is 3. The van der Waals surface area contributed by atoms with Crippen molar-refractivity contribution in [2.45, 2.75) is 102 Å². The highest BCUT2D eigenvalue weighted by molar-refractivity contribution is 6.74. The van der Waals surface area contributed by atoms with Crippen LogP contribution in [0.25, 0.3) is 0 Å². The molecular weight excluding hydrogens is 378 g/mol. The van der Waals surface area contributed by atoms with E-state index in [1.54, 1.807) is 0 Å². The van der Waals surface area contributed by atoms with Gasteiger partial charge in [0.1, 0.15) is 30.8 Å². The van der Waals surface area contributed by atoms with E-state index in [4.69, 9.17) is 13.9 Å². The summed E-state index contributed by atoms with van der Waals surface area (Å²) in [5, 5.41) is 0.214. The largest absolute Gasteiger partial charge is 0.411 e. The SMILES string of the molecule is CC1(C)O[C@@H]2[C@H](O1)[C@H](CO[Si](C)(C)C(C)(C)C)[N+]1(Cc3ccccc3)CCC[C@@H]21. The molecule has 0 saturated carbocycles. The number of benzene rings is 1. The Morgan fingerprint density at radius 1 is 1.10 bits per heavy atom. The quantitative estimate of drug-likeness (QED) is 0.492. The monoisotopic (exact) mass is 418 g/mol. The summed E-state index contributed by atoms with van der Waals surface area (Å²) in [6.07, 6.45) is 2.80. The first kappa shape index (κ1) is 21.5. The molecule has 3 fully saturated rings. The summed E-state index contributed by atoms with van der Waals surface area (Å²) in [5.74, 6) is -0.490. The maximum atomic E-state index is 6.81. The summed E-state index contributed by atoms with van der Waals surface area (Å²) >= 11 is 0. The van der Waals surface area contributed by atoms with E-state index in [1.807, 2.05) is 0 Å². The van der Waals surface area contributed by atoms with Crippen LogP contribution in [0.4, 0.5) is 0 Å². The molecule has 0 aromatic heterocycles. The maximum absolute atomic E-state index is 6.81. The summed E-state index contributed by atoms with van der Waals surface area (Å²) in [6.45, 7) is 18.8. The molecule has 0 bridgehead atoms. The highest BCUT2D eigenvalue weighted by Gasteiger charge is 2.68. The Labute approximate surface area is 178 Å². The van der Waals surface area contributed by atoms with Gasteiger partial charge in [-0.15, -0.1) is 0 Å². The molecule has 3 saturated heterocycles. The van der Waals surface area contributed by atoms with Gasteiger partial charge in [0, 0.05) is 18.4 Å². The van der Waals surface area contributed by atoms with Crippen molar-refractivity contribution in [3.8, 4) is 0 Å². The zero-order valence-electron chi connectivity index (χ0n) is 19.4. The van der Waals surface area contributed by atoms with Crippen LogP contribution in [0.2, 0.25) is 18.1 Å². The maximum Gasteiger partial charge on any atom is 0.192 e. The van der Waals surface area contributed by atoms with Crippen molar-refractivity contribution in [1.29, 1.82) is 0 Å². The molecule has 0 spiro atoms. The fourth-order valence-electron chi connectivity index (χ4n) is 5.58. The Balaban J connectivity index is 1.65. The third-order valence-corrected chi connectivity index (χ3v) is 12.6. The first-order valence-electron chi connectivity index (χ1n) is 11.4. The van der Waals surface area contributed by atoms with Crippen molar-refractivity contribution in [2.75, 3.05) is 13.2 Å². The average Bonchev–Trinajstić information content (AvgIpc) is 3.21. The van der Waals surface area contributed by atoms with Crippen LogP contribution < -0.4 is 0 Å². The van der Waals surface area contributed by atoms with E-state index in [-0.39, 0.29) is 17.2 Å². The number of quaternary nitrogens is 1. The number of nitrogens with zero attached hydrogens (tertiary/aromatic N) is 1. The average molecular weight is 419 g/mol. The standard InChI is InChI=1S/C24H40NO3Si/c1-23(2,3)29(6,7)26-17-20-22-21(27-24(4,5)28-22)19-14-11-15-25(19,20)16-18-12-9-8-10-13-18/h8-10,12-13,19-22H,11,14-17H2,1-7H3/q+1/t19-,20-,21-,22+,25?/m0/s1. The third-order valence-electron chi connectivity index (χ3n) is 8.06. The summed E-state index contributed by atoms with van der Waals surface area (Å²) < 4.78 is 20.9. The molecule has 1 unspecified atom stereocenters. The van der Waals surface area contributed by atoms with Gasteiger partial charge in [0.15, 0.2) is 14.1 Å². The van der Waals surface area contributed by atoms with Crippen LogP contribution >= 0.6 is 0 Å². The lowest BCUT2D eigenvalue weighted by molar-refractivity contribution is -0.965. The number of hydrogen-bond acceptors (Lipinski definition) is 3. The lowest BCUT2D eigenvalue weighted by Crippen LogP contribution is -2.59. The summed E-state index contributed by atoms with van der Waals surface area (Å²) in [7, 11) is -1.83. The van der Waals surface area contributed by atoms with E-state index in [0.717, 1.165) is 17.6 Å². The van der Waals surface area contributed by atoms with E-state index in [9.17, 15) is 0 Å². The van der Waals surface area contributed by atoms with Crippen LogP contribution in [0.1, 0.15) is 53.0 Å². The number of hydrogen-bond donors (Lipinski definition) is 0. The van der Waals surface area contributed by atoms with Gasteiger partial charge in [-0.25, -0.2) is 0 Å². The molecule has 0 amide bonds. The third kappa shape index (κ3) is 3.74. The highest BCUT2D eigenvalue weighted by Crippen LogP contribution is 2.51. The number of rotatable bonds is 5. The molecule has 29 heavy (non-hydrogen) atoms. The predicted molar refractivity (Wildman–Crippen MR) is 119 cm³/mol. The van der Waals surface area contributed by atoms with E-state index >= 15 is 0 Å². The van der Waals surface area contributed by atoms with Gasteiger partial charge < -0.3 is 18.4 Å². The zero-order valence-corrected chi connectivity index (χ0v) is 20.4. The van der Waals surface area contributed by atoms with Gasteiger partial charge in [0.2, 0.25) is 0 Å². The van der Waals surface area contributed by atoms with Crippen molar-refractivity contribution in [3.63, 3.8) is 0 Å². The van der Waals surface area contributed by atoms with Crippen LogP contribution in [-0.2, 0) is 20.4 Å². The van der Waals surface area contributed by atoms with Crippen LogP contribution in [-0.4, -0.2) is 56.0 Å². The molecule has 5 atom stereocenters. The molecule has 5 heteroatoms. The van der Waals surface area contributed by atoms with Crippen molar-refractivity contribution < 1.29 is 18.4 Å². The van der Waals surface area contributed by atoms with Crippen molar-refractivity contribution >= 4 is 8.32 Å². The smallest absolute Gasteiger partial charge is 0.192 e. The van der Waals surface area contributed by atoms with Crippen molar-refractivity contribution in [3.05, 3.63) is 35.9 Å². The van der Waals surface area contributed by atoms with Gasteiger partial charge in [-0.1, -0.05) is 51.1 Å². The minimum atomic E-state index is -1.83. The molecule has 3 heterocycles. The van der Waals surface area contributed by atoms with Crippen molar-refractivity contribution in [2.24, 2.45) is 0 Å². The lowest BCUT2D eigenvalue weighted by atomic mass is 10.1. The molecule has 1 aromatic carbocycles. The van der Waals surface area contributed by atoms with E-state index in [2.05, 4.69) is 78.0 Å². The van der Waals surface area contributed by atoms with Crippen LogP contribution in [0.3, 0.4) is 0 Å². The molecule has 3 aliphatic rings. The van der Waals surface area contributed by atoms with E-state index in [0.29, 0.717) is 12.1 Å². The Kier molecular flexibility index (Phi) is 5.31. The van der Waals surface area contributed by atoms with Crippen LogP contribution in [0, 0.1) is 0 Å². The van der Waals surface area contributed by atoms with Gasteiger partial charge in [-0.2, -0.15) is 0 Å². The normalized spacial score (nSPS) is 36.2.